The van der Waals surface area contributed by atoms with Gasteiger partial charge in [0, 0.05) is 19.3 Å². The van der Waals surface area contributed by atoms with Gasteiger partial charge in [0.1, 0.15) is 13.2 Å². The van der Waals surface area contributed by atoms with Crippen molar-refractivity contribution < 1.29 is 28.6 Å². The van der Waals surface area contributed by atoms with Crippen LogP contribution in [0.15, 0.2) is 109 Å². The molecule has 0 spiro atoms. The molecular formula is C77H132O6. The van der Waals surface area contributed by atoms with Crippen molar-refractivity contribution >= 4 is 17.9 Å². The number of esters is 3. The van der Waals surface area contributed by atoms with Crippen molar-refractivity contribution in [2.75, 3.05) is 13.2 Å². The smallest absolute Gasteiger partial charge is 0.306 e. The molecule has 0 amide bonds. The molecule has 0 radical (unpaired) electrons. The minimum absolute atomic E-state index is 0.0842. The molecule has 1 unspecified atom stereocenters. The number of rotatable bonds is 64. The molecule has 476 valence electrons. The third-order valence-electron chi connectivity index (χ3n) is 15.2. The molecule has 0 N–H and O–H groups in total. The van der Waals surface area contributed by atoms with Crippen LogP contribution in [0.5, 0.6) is 0 Å². The average molecular weight is 1150 g/mol. The molecule has 0 fully saturated rings. The SMILES string of the molecule is CC/C=C\C/C=C\C/C=C\C/C=C\C/C=C\CCCCCCCCCCCC(=O)OCC(COC(=O)CCCCCCCCC/C=C\C/C=C\C/C=C\CC)OC(=O)CCCCCCCCCCCCC/C=C\CCCCCCCCCC. The second-order valence-corrected chi connectivity index (χ2v) is 23.4. The molecule has 0 bridgehead atoms. The van der Waals surface area contributed by atoms with Crippen LogP contribution in [0.2, 0.25) is 0 Å². The van der Waals surface area contributed by atoms with Crippen molar-refractivity contribution in [2.24, 2.45) is 0 Å². The molecule has 0 saturated carbocycles. The lowest BCUT2D eigenvalue weighted by Gasteiger charge is -2.18. The summed E-state index contributed by atoms with van der Waals surface area (Å²) in [4.78, 5) is 38.5. The molecule has 0 aliphatic carbocycles. The highest BCUT2D eigenvalue weighted by atomic mass is 16.6. The van der Waals surface area contributed by atoms with Gasteiger partial charge in [-0.3, -0.25) is 14.4 Å². The van der Waals surface area contributed by atoms with Gasteiger partial charge in [-0.05, 0) is 122 Å². The van der Waals surface area contributed by atoms with E-state index in [1.165, 1.54) is 180 Å². The van der Waals surface area contributed by atoms with E-state index >= 15 is 0 Å². The molecule has 0 rings (SSSR count). The van der Waals surface area contributed by atoms with Gasteiger partial charge in [0.15, 0.2) is 6.10 Å². The largest absolute Gasteiger partial charge is 0.462 e. The van der Waals surface area contributed by atoms with Crippen LogP contribution in [0.4, 0.5) is 0 Å². The zero-order valence-electron chi connectivity index (χ0n) is 54.7. The highest BCUT2D eigenvalue weighted by molar-refractivity contribution is 5.71. The zero-order chi connectivity index (χ0) is 59.9. The number of hydrogen-bond donors (Lipinski definition) is 0. The summed E-state index contributed by atoms with van der Waals surface area (Å²) in [7, 11) is 0. The van der Waals surface area contributed by atoms with E-state index in [-0.39, 0.29) is 31.1 Å². The van der Waals surface area contributed by atoms with Gasteiger partial charge in [-0.1, -0.05) is 310 Å². The standard InChI is InChI=1S/C77H132O6/c1-4-7-10-13-16-19-22-25-28-31-33-35-37-38-40-41-43-46-49-52-55-58-61-64-67-70-76(79)82-73-74(72-81-75(78)69-66-63-60-57-54-51-48-45-30-27-24-21-18-15-12-9-6-3)83-77(80)71-68-65-62-59-56-53-50-47-44-42-39-36-34-32-29-26-23-20-17-14-11-8-5-2/h7,9-10,12,16,18-19,21,25,27-28,30,32-35,38,40,74H,4-6,8,11,13-15,17,20,22-24,26,29,31,36-37,39,41-73H2,1-3H3/b10-7-,12-9-,19-16-,21-18-,28-25-,30-27-,34-32-,35-33-,40-38-. The molecule has 0 saturated heterocycles. The van der Waals surface area contributed by atoms with Crippen molar-refractivity contribution in [1.82, 2.24) is 0 Å². The maximum absolute atomic E-state index is 13.0. The molecular weight excluding hydrogens is 1020 g/mol. The van der Waals surface area contributed by atoms with Crippen LogP contribution in [0.1, 0.15) is 342 Å². The summed E-state index contributed by atoms with van der Waals surface area (Å²) in [6.07, 6.45) is 96.8. The van der Waals surface area contributed by atoms with Crippen molar-refractivity contribution in [3.63, 3.8) is 0 Å². The first-order valence-electron chi connectivity index (χ1n) is 35.4. The number of unbranched alkanes of at least 4 members (excludes halogenated alkanes) is 35. The van der Waals surface area contributed by atoms with E-state index in [0.717, 1.165) is 122 Å². The van der Waals surface area contributed by atoms with Crippen molar-refractivity contribution in [1.29, 1.82) is 0 Å². The quantitative estimate of drug-likeness (QED) is 0.0261. The number of ether oxygens (including phenoxy) is 3. The lowest BCUT2D eigenvalue weighted by molar-refractivity contribution is -0.167. The number of allylic oxidation sites excluding steroid dienone is 18. The highest BCUT2D eigenvalue weighted by Crippen LogP contribution is 2.17. The fourth-order valence-electron chi connectivity index (χ4n) is 10.0. The van der Waals surface area contributed by atoms with Gasteiger partial charge in [-0.25, -0.2) is 0 Å². The molecule has 0 heterocycles. The summed E-state index contributed by atoms with van der Waals surface area (Å²) in [5.74, 6) is -0.886. The van der Waals surface area contributed by atoms with Crippen molar-refractivity contribution in [2.45, 2.75) is 348 Å². The van der Waals surface area contributed by atoms with Crippen LogP contribution >= 0.6 is 0 Å². The molecule has 0 aromatic rings. The Morgan fingerprint density at radius 1 is 0.253 bits per heavy atom. The fourth-order valence-corrected chi connectivity index (χ4v) is 10.0. The summed E-state index contributed by atoms with van der Waals surface area (Å²) in [6, 6.07) is 0. The molecule has 0 aliphatic rings. The second kappa shape index (κ2) is 70.6. The van der Waals surface area contributed by atoms with E-state index in [0.29, 0.717) is 19.3 Å². The van der Waals surface area contributed by atoms with E-state index in [2.05, 4.69) is 130 Å². The third kappa shape index (κ3) is 68.7. The van der Waals surface area contributed by atoms with Gasteiger partial charge >= 0.3 is 17.9 Å². The first kappa shape index (κ1) is 79.1. The molecule has 6 nitrogen and oxygen atoms in total. The topological polar surface area (TPSA) is 78.9 Å². The van der Waals surface area contributed by atoms with Crippen LogP contribution in [0, 0.1) is 0 Å². The third-order valence-corrected chi connectivity index (χ3v) is 15.2. The Morgan fingerprint density at radius 3 is 0.747 bits per heavy atom. The van der Waals surface area contributed by atoms with Gasteiger partial charge in [0.2, 0.25) is 0 Å². The van der Waals surface area contributed by atoms with Crippen molar-refractivity contribution in [3.8, 4) is 0 Å². The highest BCUT2D eigenvalue weighted by Gasteiger charge is 2.19. The molecule has 83 heavy (non-hydrogen) atoms. The minimum atomic E-state index is -0.789. The van der Waals surface area contributed by atoms with Gasteiger partial charge in [-0.15, -0.1) is 0 Å². The number of carbonyl (C=O) groups is 3. The van der Waals surface area contributed by atoms with Gasteiger partial charge in [0.25, 0.3) is 0 Å². The van der Waals surface area contributed by atoms with E-state index in [1.807, 2.05) is 0 Å². The predicted octanol–water partition coefficient (Wildman–Crippen LogP) is 24.6. The Labute approximate surface area is 514 Å². The number of hydrogen-bond acceptors (Lipinski definition) is 6. The predicted molar refractivity (Wildman–Crippen MR) is 362 cm³/mol. The van der Waals surface area contributed by atoms with Crippen LogP contribution in [0.25, 0.3) is 0 Å². The van der Waals surface area contributed by atoms with E-state index in [4.69, 9.17) is 14.2 Å². The minimum Gasteiger partial charge on any atom is -0.462 e. The monoisotopic (exact) mass is 1150 g/mol. The van der Waals surface area contributed by atoms with E-state index < -0.39 is 6.10 Å². The maximum Gasteiger partial charge on any atom is 0.306 e. The van der Waals surface area contributed by atoms with Gasteiger partial charge < -0.3 is 14.2 Å². The summed E-state index contributed by atoms with van der Waals surface area (Å²) in [6.45, 7) is 6.44. The lowest BCUT2D eigenvalue weighted by atomic mass is 10.0. The Kier molecular flexibility index (Phi) is 67.2. The Hall–Kier alpha value is -3.93. The molecule has 6 heteroatoms. The molecule has 0 aromatic carbocycles. The lowest BCUT2D eigenvalue weighted by Crippen LogP contribution is -2.30. The summed E-state index contributed by atoms with van der Waals surface area (Å²) in [5, 5.41) is 0. The Bertz CT molecular complexity index is 1660. The summed E-state index contributed by atoms with van der Waals surface area (Å²) in [5.41, 5.74) is 0. The second-order valence-electron chi connectivity index (χ2n) is 23.4. The average Bonchev–Trinajstić information content (AvgIpc) is 3.49. The van der Waals surface area contributed by atoms with Crippen LogP contribution in [-0.4, -0.2) is 37.2 Å². The van der Waals surface area contributed by atoms with Gasteiger partial charge in [-0.2, -0.15) is 0 Å². The summed E-state index contributed by atoms with van der Waals surface area (Å²) >= 11 is 0. The Morgan fingerprint density at radius 2 is 0.470 bits per heavy atom. The maximum atomic E-state index is 13.0. The van der Waals surface area contributed by atoms with Gasteiger partial charge in [0.05, 0.1) is 0 Å². The van der Waals surface area contributed by atoms with Crippen molar-refractivity contribution in [3.05, 3.63) is 109 Å². The normalized spacial score (nSPS) is 12.8. The molecule has 0 aliphatic heterocycles. The molecule has 1 atom stereocenters. The summed E-state index contributed by atoms with van der Waals surface area (Å²) < 4.78 is 17.0. The zero-order valence-corrected chi connectivity index (χ0v) is 54.7. The van der Waals surface area contributed by atoms with Crippen LogP contribution < -0.4 is 0 Å². The fraction of sp³-hybridized carbons (Fsp3) is 0.727. The first-order chi connectivity index (χ1) is 41.0. The first-order valence-corrected chi connectivity index (χ1v) is 35.4. The Balaban J connectivity index is 4.37. The van der Waals surface area contributed by atoms with E-state index in [9.17, 15) is 14.4 Å². The number of carbonyl (C=O) groups excluding carboxylic acids is 3. The van der Waals surface area contributed by atoms with E-state index in [1.54, 1.807) is 0 Å². The molecule has 0 aromatic heterocycles. The van der Waals surface area contributed by atoms with Crippen LogP contribution in [-0.2, 0) is 28.6 Å². The van der Waals surface area contributed by atoms with Crippen LogP contribution in [0.3, 0.4) is 0 Å².